The Morgan fingerprint density at radius 1 is 1.00 bits per heavy atom. The van der Waals surface area contributed by atoms with Gasteiger partial charge in [0.15, 0.2) is 0 Å². The van der Waals surface area contributed by atoms with Gasteiger partial charge in [-0.1, -0.05) is 66.2 Å². The van der Waals surface area contributed by atoms with Crippen LogP contribution in [0.2, 0.25) is 5.02 Å². The third-order valence-electron chi connectivity index (χ3n) is 4.91. The first kappa shape index (κ1) is 18.2. The normalized spacial score (nSPS) is 17.5. The Hall–Kier alpha value is -2.17. The monoisotopic (exact) mass is 396 g/mol. The van der Waals surface area contributed by atoms with E-state index in [-0.39, 0.29) is 6.03 Å². The fraction of sp³-hybridized carbons (Fsp3) is 0.227. The molecule has 1 fully saturated rings. The maximum atomic E-state index is 12.9. The number of amides is 2. The number of nitrogens with one attached hydrogen (secondary N) is 1. The van der Waals surface area contributed by atoms with Crippen LogP contribution >= 0.6 is 23.4 Å². The van der Waals surface area contributed by atoms with E-state index in [1.165, 1.54) is 5.56 Å². The molecule has 4 rings (SSSR count). The second-order valence-corrected chi connectivity index (χ2v) is 8.33. The third-order valence-corrected chi connectivity index (χ3v) is 6.57. The highest BCUT2D eigenvalue weighted by Crippen LogP contribution is 2.37. The first-order chi connectivity index (χ1) is 13.2. The fourth-order valence-electron chi connectivity index (χ4n) is 3.49. The molecule has 0 radical (unpaired) electrons. The number of fused-ring (bicyclic) bond motifs is 1. The summed E-state index contributed by atoms with van der Waals surface area (Å²) in [7, 11) is 0. The lowest BCUT2D eigenvalue weighted by Crippen LogP contribution is -2.36. The molecule has 3 nitrogen and oxygen atoms in total. The molecule has 0 saturated carbocycles. The van der Waals surface area contributed by atoms with E-state index in [0.717, 1.165) is 46.7 Å². The smallest absolute Gasteiger partial charge is 0.321 e. The summed E-state index contributed by atoms with van der Waals surface area (Å²) < 4.78 is 0. The highest BCUT2D eigenvalue weighted by Gasteiger charge is 2.23. The van der Waals surface area contributed by atoms with Crippen molar-refractivity contribution >= 4 is 45.9 Å². The quantitative estimate of drug-likeness (QED) is 0.558. The number of urea groups is 1. The van der Waals surface area contributed by atoms with Crippen LogP contribution in [0.3, 0.4) is 0 Å². The molecule has 5 heteroatoms. The van der Waals surface area contributed by atoms with E-state index in [2.05, 4.69) is 23.5 Å². The highest BCUT2D eigenvalue weighted by molar-refractivity contribution is 7.99. The molecule has 1 heterocycles. The number of nitrogens with zero attached hydrogens (tertiary/aromatic N) is 1. The van der Waals surface area contributed by atoms with Crippen molar-refractivity contribution in [3.63, 3.8) is 0 Å². The number of rotatable bonds is 2. The van der Waals surface area contributed by atoms with Gasteiger partial charge in [0.05, 0.1) is 5.69 Å². The summed E-state index contributed by atoms with van der Waals surface area (Å²) in [4.78, 5) is 14.8. The molecule has 27 heavy (non-hydrogen) atoms. The number of carbonyl (C=O) groups excluding carboxylic acids is 1. The van der Waals surface area contributed by atoms with Gasteiger partial charge in [-0.2, -0.15) is 11.8 Å². The molecule has 0 bridgehead atoms. The minimum atomic E-state index is -0.0354. The Kier molecular flexibility index (Phi) is 5.55. The molecule has 1 atom stereocenters. The molecule has 0 spiro atoms. The maximum absolute atomic E-state index is 12.9. The molecule has 3 aromatic rings. The van der Waals surface area contributed by atoms with Crippen molar-refractivity contribution in [2.24, 2.45) is 0 Å². The molecule has 0 aromatic heterocycles. The number of anilines is 1. The average molecular weight is 397 g/mol. The second kappa shape index (κ2) is 8.24. The van der Waals surface area contributed by atoms with Crippen LogP contribution in [0.15, 0.2) is 66.7 Å². The first-order valence-electron chi connectivity index (χ1n) is 9.12. The zero-order valence-corrected chi connectivity index (χ0v) is 16.5. The minimum Gasteiger partial charge on any atom is -0.324 e. The number of halogens is 1. The third kappa shape index (κ3) is 4.07. The molecule has 1 unspecified atom stereocenters. The molecule has 1 aliphatic heterocycles. The lowest BCUT2D eigenvalue weighted by atomic mass is 10.1. The average Bonchev–Trinajstić information content (AvgIpc) is 2.95. The van der Waals surface area contributed by atoms with Gasteiger partial charge in [0, 0.05) is 34.5 Å². The molecule has 3 aromatic carbocycles. The Bertz CT molecular complexity index is 956. The number of benzene rings is 3. The van der Waals surface area contributed by atoms with E-state index < -0.39 is 0 Å². The van der Waals surface area contributed by atoms with Crippen molar-refractivity contribution in [3.8, 4) is 0 Å². The number of thioether (sulfide) groups is 1. The summed E-state index contributed by atoms with van der Waals surface area (Å²) in [6.07, 6.45) is 0.900. The van der Waals surface area contributed by atoms with Crippen molar-refractivity contribution in [2.75, 3.05) is 24.2 Å². The maximum Gasteiger partial charge on any atom is 0.321 e. The summed E-state index contributed by atoms with van der Waals surface area (Å²) in [5.41, 5.74) is 2.03. The molecule has 1 N–H and O–H groups in total. The fourth-order valence-corrected chi connectivity index (χ4v) is 5.09. The highest BCUT2D eigenvalue weighted by atomic mass is 35.5. The van der Waals surface area contributed by atoms with Crippen molar-refractivity contribution in [1.29, 1.82) is 0 Å². The van der Waals surface area contributed by atoms with E-state index >= 15 is 0 Å². The van der Waals surface area contributed by atoms with Crippen LogP contribution in [0.1, 0.15) is 17.2 Å². The van der Waals surface area contributed by atoms with Crippen molar-refractivity contribution in [2.45, 2.75) is 11.7 Å². The molecular formula is C22H21ClN2OS. The van der Waals surface area contributed by atoms with Crippen LogP contribution in [0.5, 0.6) is 0 Å². The van der Waals surface area contributed by atoms with E-state index in [0.29, 0.717) is 5.25 Å². The molecule has 0 aliphatic carbocycles. The van der Waals surface area contributed by atoms with Gasteiger partial charge in [-0.05, 0) is 29.5 Å². The van der Waals surface area contributed by atoms with E-state index in [1.54, 1.807) is 0 Å². The number of carbonyl (C=O) groups is 1. The predicted molar refractivity (Wildman–Crippen MR) is 116 cm³/mol. The zero-order valence-electron chi connectivity index (χ0n) is 14.9. The lowest BCUT2D eigenvalue weighted by Gasteiger charge is -2.21. The molecule has 1 aliphatic rings. The molecule has 2 amide bonds. The van der Waals surface area contributed by atoms with Gasteiger partial charge in [-0.15, -0.1) is 0 Å². The van der Waals surface area contributed by atoms with Gasteiger partial charge < -0.3 is 10.2 Å². The van der Waals surface area contributed by atoms with Crippen molar-refractivity contribution in [3.05, 3.63) is 77.3 Å². The van der Waals surface area contributed by atoms with Gasteiger partial charge >= 0.3 is 6.03 Å². The number of hydrogen-bond donors (Lipinski definition) is 1. The summed E-state index contributed by atoms with van der Waals surface area (Å²) in [6.45, 7) is 1.46. The van der Waals surface area contributed by atoms with Crippen LogP contribution in [0.25, 0.3) is 10.8 Å². The van der Waals surface area contributed by atoms with Gasteiger partial charge in [-0.3, -0.25) is 0 Å². The Morgan fingerprint density at radius 2 is 1.78 bits per heavy atom. The SMILES string of the molecule is O=C(Nc1cccc2ccccc12)N1CCSC(c2ccccc2Cl)CC1. The van der Waals surface area contributed by atoms with Crippen molar-refractivity contribution in [1.82, 2.24) is 4.90 Å². The van der Waals surface area contributed by atoms with Crippen LogP contribution in [0, 0.1) is 0 Å². The largest absolute Gasteiger partial charge is 0.324 e. The van der Waals surface area contributed by atoms with Gasteiger partial charge in [0.1, 0.15) is 0 Å². The topological polar surface area (TPSA) is 32.3 Å². The summed E-state index contributed by atoms with van der Waals surface area (Å²) in [5, 5.41) is 6.42. The summed E-state index contributed by atoms with van der Waals surface area (Å²) >= 11 is 8.24. The van der Waals surface area contributed by atoms with Crippen LogP contribution in [-0.4, -0.2) is 29.8 Å². The molecule has 138 valence electrons. The standard InChI is InChI=1S/C22H21ClN2OS/c23-19-10-4-3-9-18(19)21-12-13-25(14-15-27-21)22(26)24-20-11-5-7-16-6-1-2-8-17(16)20/h1-11,21H,12-15H2,(H,24,26). The van der Waals surface area contributed by atoms with E-state index in [4.69, 9.17) is 11.6 Å². The van der Waals surface area contributed by atoms with Gasteiger partial charge in [0.2, 0.25) is 0 Å². The Balaban J connectivity index is 1.46. The second-order valence-electron chi connectivity index (χ2n) is 6.61. The van der Waals surface area contributed by atoms with Crippen molar-refractivity contribution < 1.29 is 4.79 Å². The minimum absolute atomic E-state index is 0.0354. The predicted octanol–water partition coefficient (Wildman–Crippen LogP) is 6.21. The summed E-state index contributed by atoms with van der Waals surface area (Å²) in [6, 6.07) is 22.1. The van der Waals surface area contributed by atoms with E-state index in [1.807, 2.05) is 65.2 Å². The Morgan fingerprint density at radius 3 is 2.67 bits per heavy atom. The molecular weight excluding hydrogens is 376 g/mol. The number of hydrogen-bond acceptors (Lipinski definition) is 2. The van der Waals surface area contributed by atoms with Crippen LogP contribution in [0.4, 0.5) is 10.5 Å². The van der Waals surface area contributed by atoms with Gasteiger partial charge in [0.25, 0.3) is 0 Å². The van der Waals surface area contributed by atoms with Crippen LogP contribution < -0.4 is 5.32 Å². The van der Waals surface area contributed by atoms with E-state index in [9.17, 15) is 4.79 Å². The Labute approximate surface area is 168 Å². The van der Waals surface area contributed by atoms with Crippen LogP contribution in [-0.2, 0) is 0 Å². The first-order valence-corrected chi connectivity index (χ1v) is 10.5. The molecule has 1 saturated heterocycles. The summed E-state index contributed by atoms with van der Waals surface area (Å²) in [5.74, 6) is 0.902. The lowest BCUT2D eigenvalue weighted by molar-refractivity contribution is 0.215. The zero-order chi connectivity index (χ0) is 18.6. The van der Waals surface area contributed by atoms with Gasteiger partial charge in [-0.25, -0.2) is 4.79 Å².